The first-order valence-electron chi connectivity index (χ1n) is 5.44. The SMILES string of the molecule is CCC1(CO)COP(=O)(CC(C)C)OC1. The first-order valence-corrected chi connectivity index (χ1v) is 7.17. The maximum Gasteiger partial charge on any atom is 0.330 e. The van der Waals surface area contributed by atoms with E-state index < -0.39 is 7.60 Å². The van der Waals surface area contributed by atoms with Gasteiger partial charge in [0.15, 0.2) is 0 Å². The molecule has 1 fully saturated rings. The van der Waals surface area contributed by atoms with Crippen LogP contribution >= 0.6 is 7.60 Å². The molecule has 0 atom stereocenters. The predicted molar refractivity (Wildman–Crippen MR) is 59.0 cm³/mol. The lowest BCUT2D eigenvalue weighted by molar-refractivity contribution is -0.0230. The summed E-state index contributed by atoms with van der Waals surface area (Å²) in [5.74, 6) is 0.291. The fourth-order valence-corrected chi connectivity index (χ4v) is 3.63. The number of aliphatic hydroxyl groups is 1. The van der Waals surface area contributed by atoms with Crippen LogP contribution in [0.5, 0.6) is 0 Å². The zero-order valence-corrected chi connectivity index (χ0v) is 10.6. The summed E-state index contributed by atoms with van der Waals surface area (Å²) in [4.78, 5) is 0. The average Bonchev–Trinajstić information content (AvgIpc) is 2.18. The highest BCUT2D eigenvalue weighted by atomic mass is 31.2. The molecule has 1 saturated heterocycles. The van der Waals surface area contributed by atoms with E-state index in [9.17, 15) is 9.67 Å². The highest BCUT2D eigenvalue weighted by molar-refractivity contribution is 7.53. The second-order valence-electron chi connectivity index (χ2n) is 4.75. The lowest BCUT2D eigenvalue weighted by Gasteiger charge is -2.37. The molecule has 0 radical (unpaired) electrons. The minimum absolute atomic E-state index is 0.0190. The van der Waals surface area contributed by atoms with Crippen LogP contribution in [0.15, 0.2) is 0 Å². The van der Waals surface area contributed by atoms with Gasteiger partial charge in [0.05, 0.1) is 26.0 Å². The van der Waals surface area contributed by atoms with Crippen molar-refractivity contribution in [2.45, 2.75) is 27.2 Å². The van der Waals surface area contributed by atoms with Gasteiger partial charge in [-0.25, -0.2) is 0 Å². The molecular weight excluding hydrogens is 215 g/mol. The molecule has 1 heterocycles. The highest BCUT2D eigenvalue weighted by Crippen LogP contribution is 2.55. The summed E-state index contributed by atoms with van der Waals surface area (Å²) in [5.41, 5.74) is -0.356. The molecule has 1 aliphatic rings. The van der Waals surface area contributed by atoms with E-state index in [4.69, 9.17) is 9.05 Å². The van der Waals surface area contributed by atoms with Gasteiger partial charge in [-0.3, -0.25) is 4.57 Å². The second-order valence-corrected chi connectivity index (χ2v) is 6.85. The largest absolute Gasteiger partial charge is 0.396 e. The summed E-state index contributed by atoms with van der Waals surface area (Å²) in [6, 6.07) is 0. The molecule has 0 unspecified atom stereocenters. The van der Waals surface area contributed by atoms with E-state index in [1.807, 2.05) is 20.8 Å². The second kappa shape index (κ2) is 4.96. The maximum atomic E-state index is 12.0. The molecule has 1 N–H and O–H groups in total. The van der Waals surface area contributed by atoms with E-state index in [0.717, 1.165) is 6.42 Å². The number of aliphatic hydroxyl groups excluding tert-OH is 1. The lowest BCUT2D eigenvalue weighted by Crippen LogP contribution is -2.38. The number of hydrogen-bond acceptors (Lipinski definition) is 4. The van der Waals surface area contributed by atoms with Crippen LogP contribution < -0.4 is 0 Å². The van der Waals surface area contributed by atoms with Crippen molar-refractivity contribution in [3.05, 3.63) is 0 Å². The van der Waals surface area contributed by atoms with Crippen molar-refractivity contribution >= 4 is 7.60 Å². The van der Waals surface area contributed by atoms with Crippen LogP contribution in [0.3, 0.4) is 0 Å². The lowest BCUT2D eigenvalue weighted by atomic mass is 9.88. The van der Waals surface area contributed by atoms with Crippen molar-refractivity contribution in [2.75, 3.05) is 26.0 Å². The van der Waals surface area contributed by atoms with E-state index in [-0.39, 0.29) is 12.0 Å². The minimum atomic E-state index is -2.89. The fourth-order valence-electron chi connectivity index (χ4n) is 1.51. The third-order valence-corrected chi connectivity index (χ3v) is 5.03. The van der Waals surface area contributed by atoms with Gasteiger partial charge in [-0.1, -0.05) is 20.8 Å². The molecule has 0 aromatic heterocycles. The van der Waals surface area contributed by atoms with Gasteiger partial charge in [0.2, 0.25) is 0 Å². The third kappa shape index (κ3) is 3.28. The standard InChI is InChI=1S/C10H21O4P/c1-4-10(6-11)7-13-15(12,14-8-10)5-9(2)3/h9,11H,4-8H2,1-3H3. The van der Waals surface area contributed by atoms with Crippen molar-refractivity contribution in [1.29, 1.82) is 0 Å². The quantitative estimate of drug-likeness (QED) is 0.761. The summed E-state index contributed by atoms with van der Waals surface area (Å²) >= 11 is 0. The molecule has 0 spiro atoms. The van der Waals surface area contributed by atoms with Crippen molar-refractivity contribution in [2.24, 2.45) is 11.3 Å². The van der Waals surface area contributed by atoms with Crippen LogP contribution in [0.4, 0.5) is 0 Å². The topological polar surface area (TPSA) is 55.8 Å². The van der Waals surface area contributed by atoms with Gasteiger partial charge >= 0.3 is 7.60 Å². The van der Waals surface area contributed by atoms with Crippen molar-refractivity contribution in [3.8, 4) is 0 Å². The van der Waals surface area contributed by atoms with Crippen LogP contribution in [-0.2, 0) is 13.6 Å². The molecule has 4 nitrogen and oxygen atoms in total. The average molecular weight is 236 g/mol. The van der Waals surface area contributed by atoms with Gasteiger partial charge in [0, 0.05) is 5.41 Å². The summed E-state index contributed by atoms with van der Waals surface area (Å²) in [5, 5.41) is 9.24. The molecule has 0 amide bonds. The Morgan fingerprint density at radius 1 is 1.40 bits per heavy atom. The molecular formula is C10H21O4P. The van der Waals surface area contributed by atoms with Crippen LogP contribution in [0.25, 0.3) is 0 Å². The Hall–Kier alpha value is 0.110. The molecule has 0 aromatic carbocycles. The first kappa shape index (κ1) is 13.2. The van der Waals surface area contributed by atoms with Crippen LogP contribution in [0, 0.1) is 11.3 Å². The number of rotatable bonds is 4. The van der Waals surface area contributed by atoms with Crippen LogP contribution in [0.1, 0.15) is 27.2 Å². The van der Waals surface area contributed by atoms with Gasteiger partial charge < -0.3 is 14.2 Å². The summed E-state index contributed by atoms with van der Waals surface area (Å²) in [6.45, 7) is 6.64. The summed E-state index contributed by atoms with van der Waals surface area (Å²) < 4.78 is 22.7. The van der Waals surface area contributed by atoms with Crippen LogP contribution in [-0.4, -0.2) is 31.1 Å². The Kier molecular flexibility index (Phi) is 4.36. The van der Waals surface area contributed by atoms with E-state index in [1.165, 1.54) is 0 Å². The zero-order valence-electron chi connectivity index (χ0n) is 9.73. The zero-order chi connectivity index (χ0) is 11.5. The Morgan fingerprint density at radius 3 is 2.27 bits per heavy atom. The molecule has 0 aromatic rings. The summed E-state index contributed by atoms with van der Waals surface area (Å²) in [7, 11) is -2.89. The maximum absolute atomic E-state index is 12.0. The third-order valence-electron chi connectivity index (χ3n) is 2.81. The molecule has 5 heteroatoms. The number of hydrogen-bond donors (Lipinski definition) is 1. The summed E-state index contributed by atoms with van der Waals surface area (Å²) in [6.07, 6.45) is 1.23. The Labute approximate surface area is 91.5 Å². The fraction of sp³-hybridized carbons (Fsp3) is 1.00. The van der Waals surface area contributed by atoms with Crippen molar-refractivity contribution in [1.82, 2.24) is 0 Å². The molecule has 0 aliphatic carbocycles. The van der Waals surface area contributed by atoms with Gasteiger partial charge in [0.1, 0.15) is 0 Å². The molecule has 0 bridgehead atoms. The van der Waals surface area contributed by atoms with E-state index in [2.05, 4.69) is 0 Å². The Balaban J connectivity index is 2.58. The van der Waals surface area contributed by atoms with Gasteiger partial charge in [-0.2, -0.15) is 0 Å². The first-order chi connectivity index (χ1) is 6.95. The van der Waals surface area contributed by atoms with Crippen LogP contribution in [0.2, 0.25) is 0 Å². The van der Waals surface area contributed by atoms with E-state index >= 15 is 0 Å². The Morgan fingerprint density at radius 2 is 1.93 bits per heavy atom. The van der Waals surface area contributed by atoms with E-state index in [1.54, 1.807) is 0 Å². The van der Waals surface area contributed by atoms with Gasteiger partial charge in [-0.15, -0.1) is 0 Å². The molecule has 0 saturated carbocycles. The molecule has 15 heavy (non-hydrogen) atoms. The van der Waals surface area contributed by atoms with Gasteiger partial charge in [0.25, 0.3) is 0 Å². The molecule has 1 aliphatic heterocycles. The molecule has 90 valence electrons. The van der Waals surface area contributed by atoms with Gasteiger partial charge in [-0.05, 0) is 12.3 Å². The monoisotopic (exact) mass is 236 g/mol. The molecule has 1 rings (SSSR count). The van der Waals surface area contributed by atoms with Crippen molar-refractivity contribution in [3.63, 3.8) is 0 Å². The van der Waals surface area contributed by atoms with Crippen molar-refractivity contribution < 1.29 is 18.7 Å². The van der Waals surface area contributed by atoms with E-state index in [0.29, 0.717) is 25.3 Å². The predicted octanol–water partition coefficient (Wildman–Crippen LogP) is 2.27. The normalized spacial score (nSPS) is 37.1. The minimum Gasteiger partial charge on any atom is -0.396 e. The Bertz CT molecular complexity index is 234. The smallest absolute Gasteiger partial charge is 0.330 e. The highest BCUT2D eigenvalue weighted by Gasteiger charge is 2.40.